The summed E-state index contributed by atoms with van der Waals surface area (Å²) in [5, 5.41) is 0. The molecule has 1 aliphatic rings. The summed E-state index contributed by atoms with van der Waals surface area (Å²) in [4.78, 5) is 15.8. The lowest BCUT2D eigenvalue weighted by atomic mass is 10.2. The van der Waals surface area contributed by atoms with Crippen molar-refractivity contribution in [1.82, 2.24) is 9.80 Å². The van der Waals surface area contributed by atoms with E-state index in [0.29, 0.717) is 19.1 Å². The first-order chi connectivity index (χ1) is 7.20. The third-order valence-electron chi connectivity index (χ3n) is 3.18. The molecule has 0 bridgehead atoms. The van der Waals surface area contributed by atoms with Crippen LogP contribution in [0, 0.1) is 0 Å². The summed E-state index contributed by atoms with van der Waals surface area (Å²) >= 11 is 0. The number of amides is 2. The zero-order valence-electron chi connectivity index (χ0n) is 9.91. The van der Waals surface area contributed by atoms with E-state index in [2.05, 4.69) is 0 Å². The quantitative estimate of drug-likeness (QED) is 0.764. The number of urea groups is 1. The topological polar surface area (TPSA) is 49.6 Å². The van der Waals surface area contributed by atoms with Gasteiger partial charge in [0.2, 0.25) is 0 Å². The maximum absolute atomic E-state index is 12.0. The van der Waals surface area contributed by atoms with E-state index < -0.39 is 0 Å². The van der Waals surface area contributed by atoms with Crippen LogP contribution in [0.4, 0.5) is 4.79 Å². The minimum atomic E-state index is 0.134. The molecule has 1 saturated carbocycles. The molecule has 1 fully saturated rings. The Balaban J connectivity index is 2.59. The van der Waals surface area contributed by atoms with E-state index in [1.165, 1.54) is 12.8 Å². The largest absolute Gasteiger partial charge is 0.329 e. The molecule has 2 N–H and O–H groups in total. The fourth-order valence-corrected chi connectivity index (χ4v) is 2.14. The molecule has 0 aromatic carbocycles. The Labute approximate surface area is 92.4 Å². The number of hydrogen-bond acceptors (Lipinski definition) is 2. The second-order valence-corrected chi connectivity index (χ2v) is 4.22. The molecule has 0 spiro atoms. The molecule has 1 rings (SSSR count). The van der Waals surface area contributed by atoms with Gasteiger partial charge >= 0.3 is 6.03 Å². The van der Waals surface area contributed by atoms with E-state index in [1.807, 2.05) is 18.9 Å². The highest BCUT2D eigenvalue weighted by atomic mass is 16.2. The summed E-state index contributed by atoms with van der Waals surface area (Å²) in [6.45, 7) is 3.99. The third kappa shape index (κ3) is 3.09. The van der Waals surface area contributed by atoms with Gasteiger partial charge in [0.1, 0.15) is 0 Å². The highest BCUT2D eigenvalue weighted by molar-refractivity contribution is 5.74. The number of rotatable bonds is 4. The van der Waals surface area contributed by atoms with Gasteiger partial charge in [-0.25, -0.2) is 4.79 Å². The highest BCUT2D eigenvalue weighted by Gasteiger charge is 2.27. The van der Waals surface area contributed by atoms with Crippen LogP contribution in [-0.2, 0) is 0 Å². The van der Waals surface area contributed by atoms with Crippen LogP contribution < -0.4 is 5.73 Å². The van der Waals surface area contributed by atoms with Crippen molar-refractivity contribution < 1.29 is 4.79 Å². The monoisotopic (exact) mass is 213 g/mol. The van der Waals surface area contributed by atoms with E-state index in [1.54, 1.807) is 4.90 Å². The van der Waals surface area contributed by atoms with Crippen molar-refractivity contribution in [3.05, 3.63) is 0 Å². The fourth-order valence-electron chi connectivity index (χ4n) is 2.14. The average Bonchev–Trinajstić information content (AvgIpc) is 2.77. The lowest BCUT2D eigenvalue weighted by Gasteiger charge is -2.32. The molecule has 0 saturated heterocycles. The maximum atomic E-state index is 12.0. The van der Waals surface area contributed by atoms with Crippen molar-refractivity contribution in [3.8, 4) is 0 Å². The Hall–Kier alpha value is -0.770. The van der Waals surface area contributed by atoms with Crippen molar-refractivity contribution >= 4 is 6.03 Å². The van der Waals surface area contributed by atoms with E-state index in [9.17, 15) is 4.79 Å². The molecule has 88 valence electrons. The zero-order chi connectivity index (χ0) is 11.3. The smallest absolute Gasteiger partial charge is 0.320 e. The van der Waals surface area contributed by atoms with Crippen LogP contribution in [0.3, 0.4) is 0 Å². The SMILES string of the molecule is CCN(C)C(=O)N(CCN)C1CCCC1. The number of nitrogens with zero attached hydrogens (tertiary/aromatic N) is 2. The molecule has 4 heteroatoms. The standard InChI is InChI=1S/C11H23N3O/c1-3-13(2)11(15)14(9-8-12)10-6-4-5-7-10/h10H,3-9,12H2,1-2H3. The van der Waals surface area contributed by atoms with Gasteiger partial charge < -0.3 is 15.5 Å². The predicted molar refractivity (Wildman–Crippen MR) is 61.7 cm³/mol. The van der Waals surface area contributed by atoms with Crippen LogP contribution in [0.5, 0.6) is 0 Å². The van der Waals surface area contributed by atoms with Crippen molar-refractivity contribution in [2.75, 3.05) is 26.7 Å². The number of nitrogens with two attached hydrogens (primary N) is 1. The number of carbonyl (C=O) groups excluding carboxylic acids is 1. The van der Waals surface area contributed by atoms with Gasteiger partial charge in [-0.3, -0.25) is 0 Å². The van der Waals surface area contributed by atoms with Crippen LogP contribution in [0.25, 0.3) is 0 Å². The molecule has 0 atom stereocenters. The minimum Gasteiger partial charge on any atom is -0.329 e. The summed E-state index contributed by atoms with van der Waals surface area (Å²) in [5.41, 5.74) is 5.56. The first-order valence-corrected chi connectivity index (χ1v) is 5.92. The van der Waals surface area contributed by atoms with Gasteiger partial charge in [0.25, 0.3) is 0 Å². The fraction of sp³-hybridized carbons (Fsp3) is 0.909. The van der Waals surface area contributed by atoms with Gasteiger partial charge in [-0.2, -0.15) is 0 Å². The Morgan fingerprint density at radius 1 is 1.40 bits per heavy atom. The summed E-state index contributed by atoms with van der Waals surface area (Å²) in [5.74, 6) is 0. The molecule has 15 heavy (non-hydrogen) atoms. The summed E-state index contributed by atoms with van der Waals surface area (Å²) < 4.78 is 0. The number of hydrogen-bond donors (Lipinski definition) is 1. The van der Waals surface area contributed by atoms with Crippen LogP contribution in [0.2, 0.25) is 0 Å². The molecule has 2 amide bonds. The Kier molecular flexibility index (Phi) is 4.88. The van der Waals surface area contributed by atoms with E-state index in [0.717, 1.165) is 19.4 Å². The lowest BCUT2D eigenvalue weighted by molar-refractivity contribution is 0.146. The molecular weight excluding hydrogens is 190 g/mol. The third-order valence-corrected chi connectivity index (χ3v) is 3.18. The van der Waals surface area contributed by atoms with E-state index in [-0.39, 0.29) is 6.03 Å². The lowest BCUT2D eigenvalue weighted by Crippen LogP contribution is -2.47. The van der Waals surface area contributed by atoms with Gasteiger partial charge in [0.05, 0.1) is 0 Å². The van der Waals surface area contributed by atoms with Gasteiger partial charge in [-0.05, 0) is 19.8 Å². The summed E-state index contributed by atoms with van der Waals surface area (Å²) in [6.07, 6.45) is 4.77. The summed E-state index contributed by atoms with van der Waals surface area (Å²) in [6, 6.07) is 0.560. The van der Waals surface area contributed by atoms with Crippen LogP contribution in [0.1, 0.15) is 32.6 Å². The molecule has 0 aliphatic heterocycles. The normalized spacial score (nSPS) is 16.7. The Bertz CT molecular complexity index is 202. The molecule has 4 nitrogen and oxygen atoms in total. The summed E-state index contributed by atoms with van der Waals surface area (Å²) in [7, 11) is 1.85. The second-order valence-electron chi connectivity index (χ2n) is 4.22. The van der Waals surface area contributed by atoms with E-state index >= 15 is 0 Å². The first-order valence-electron chi connectivity index (χ1n) is 5.92. The molecule has 0 heterocycles. The highest BCUT2D eigenvalue weighted by Crippen LogP contribution is 2.23. The van der Waals surface area contributed by atoms with Crippen LogP contribution in [-0.4, -0.2) is 48.6 Å². The zero-order valence-corrected chi connectivity index (χ0v) is 9.91. The van der Waals surface area contributed by atoms with Crippen molar-refractivity contribution in [1.29, 1.82) is 0 Å². The van der Waals surface area contributed by atoms with Gasteiger partial charge in [0.15, 0.2) is 0 Å². The Morgan fingerprint density at radius 2 is 2.00 bits per heavy atom. The van der Waals surface area contributed by atoms with Crippen molar-refractivity contribution in [3.63, 3.8) is 0 Å². The van der Waals surface area contributed by atoms with E-state index in [4.69, 9.17) is 5.73 Å². The maximum Gasteiger partial charge on any atom is 0.320 e. The molecular formula is C11H23N3O. The van der Waals surface area contributed by atoms with Crippen molar-refractivity contribution in [2.45, 2.75) is 38.6 Å². The average molecular weight is 213 g/mol. The first kappa shape index (κ1) is 12.3. The number of carbonyl (C=O) groups is 1. The Morgan fingerprint density at radius 3 is 2.47 bits per heavy atom. The van der Waals surface area contributed by atoms with Crippen LogP contribution in [0.15, 0.2) is 0 Å². The molecule has 0 aromatic heterocycles. The molecule has 0 aromatic rings. The van der Waals surface area contributed by atoms with Gasteiger partial charge in [-0.15, -0.1) is 0 Å². The molecule has 0 radical (unpaired) electrons. The molecule has 0 unspecified atom stereocenters. The van der Waals surface area contributed by atoms with Gasteiger partial charge in [0, 0.05) is 32.7 Å². The second kappa shape index (κ2) is 5.95. The van der Waals surface area contributed by atoms with Crippen molar-refractivity contribution in [2.24, 2.45) is 5.73 Å². The van der Waals surface area contributed by atoms with Crippen LogP contribution >= 0.6 is 0 Å². The van der Waals surface area contributed by atoms with Gasteiger partial charge in [-0.1, -0.05) is 12.8 Å². The predicted octanol–water partition coefficient (Wildman–Crippen LogP) is 1.26. The molecule has 1 aliphatic carbocycles. The minimum absolute atomic E-state index is 0.134.